The molecule has 2 N–H and O–H groups in total. The van der Waals surface area contributed by atoms with E-state index >= 15 is 0 Å². The number of hydrogen-bond donors (Lipinski definition) is 1. The first-order valence-electron chi connectivity index (χ1n) is 3.55. The van der Waals surface area contributed by atoms with Crippen molar-refractivity contribution in [2.75, 3.05) is 6.73 Å². The van der Waals surface area contributed by atoms with Gasteiger partial charge in [-0.05, 0) is 19.9 Å². The molecule has 0 spiro atoms. The second-order valence-electron chi connectivity index (χ2n) is 2.82. The minimum Gasteiger partial charge on any atom is -0.307 e. The largest absolute Gasteiger partial charge is 0.307 e. The van der Waals surface area contributed by atoms with Crippen molar-refractivity contribution in [3.8, 4) is 0 Å². The van der Waals surface area contributed by atoms with E-state index in [1.54, 1.807) is 0 Å². The Morgan fingerprint density at radius 2 is 2.08 bits per heavy atom. The lowest BCUT2D eigenvalue weighted by Crippen LogP contribution is -2.41. The van der Waals surface area contributed by atoms with Gasteiger partial charge in [0.1, 0.15) is 6.73 Å². The molecule has 0 amide bonds. The molecule has 0 aliphatic carbocycles. The lowest BCUT2D eigenvalue weighted by molar-refractivity contribution is -0.116. The second-order valence-corrected chi connectivity index (χ2v) is 4.98. The highest BCUT2D eigenvalue weighted by Crippen LogP contribution is 2.19. The summed E-state index contributed by atoms with van der Waals surface area (Å²) in [5, 5.41) is 0. The summed E-state index contributed by atoms with van der Waals surface area (Å²) in [6, 6.07) is 0. The van der Waals surface area contributed by atoms with E-state index in [0.717, 1.165) is 6.08 Å². The summed E-state index contributed by atoms with van der Waals surface area (Å²) >= 11 is 0. The monoisotopic (exact) mass is 207 g/mol. The van der Waals surface area contributed by atoms with E-state index in [4.69, 9.17) is 5.73 Å². The Morgan fingerprint density at radius 1 is 1.62 bits per heavy atom. The molecule has 0 atom stereocenters. The lowest BCUT2D eigenvalue weighted by atomic mass is 10.1. The summed E-state index contributed by atoms with van der Waals surface area (Å²) in [7, 11) is -3.97. The van der Waals surface area contributed by atoms with Crippen LogP contribution >= 0.6 is 0 Å². The van der Waals surface area contributed by atoms with Crippen LogP contribution in [0.5, 0.6) is 0 Å². The Balaban J connectivity index is 5.03. The first-order valence-corrected chi connectivity index (χ1v) is 4.96. The van der Waals surface area contributed by atoms with E-state index in [1.165, 1.54) is 13.8 Å². The van der Waals surface area contributed by atoms with Gasteiger partial charge in [-0.2, -0.15) is 8.42 Å². The Hall–Kier alpha value is -0.720. The average Bonchev–Trinajstić information content (AvgIpc) is 2.02. The van der Waals surface area contributed by atoms with Crippen molar-refractivity contribution in [2.45, 2.75) is 18.6 Å². The first kappa shape index (κ1) is 12.3. The number of allylic oxidation sites excluding steroid dienone is 1. The first-order chi connectivity index (χ1) is 5.79. The zero-order valence-corrected chi connectivity index (χ0v) is 8.43. The van der Waals surface area contributed by atoms with Crippen LogP contribution in [0.15, 0.2) is 12.7 Å². The molecule has 0 saturated heterocycles. The minimum atomic E-state index is -3.97. The molecule has 0 aromatic rings. The van der Waals surface area contributed by atoms with Crippen LogP contribution in [0.2, 0.25) is 0 Å². The van der Waals surface area contributed by atoms with E-state index in [9.17, 15) is 13.2 Å². The van der Waals surface area contributed by atoms with Crippen molar-refractivity contribution in [2.24, 2.45) is 5.73 Å². The van der Waals surface area contributed by atoms with Gasteiger partial charge in [0.05, 0.1) is 0 Å². The molecule has 76 valence electrons. The van der Waals surface area contributed by atoms with Gasteiger partial charge >= 0.3 is 0 Å². The Bertz CT molecular complexity index is 304. The quantitative estimate of drug-likeness (QED) is 0.382. The third kappa shape index (κ3) is 2.36. The zero-order valence-electron chi connectivity index (χ0n) is 7.61. The fourth-order valence-electron chi connectivity index (χ4n) is 0.606. The second kappa shape index (κ2) is 3.99. The van der Waals surface area contributed by atoms with Crippen molar-refractivity contribution >= 4 is 15.9 Å². The van der Waals surface area contributed by atoms with Gasteiger partial charge in [0.15, 0.2) is 10.5 Å². The summed E-state index contributed by atoms with van der Waals surface area (Å²) in [5.74, 6) is -0.624. The van der Waals surface area contributed by atoms with Crippen LogP contribution in [0.25, 0.3) is 0 Å². The molecule has 0 aliphatic heterocycles. The molecule has 6 heteroatoms. The van der Waals surface area contributed by atoms with E-state index in [-0.39, 0.29) is 0 Å². The predicted molar refractivity (Wildman–Crippen MR) is 48.3 cm³/mol. The van der Waals surface area contributed by atoms with Gasteiger partial charge in [-0.3, -0.25) is 8.98 Å². The van der Waals surface area contributed by atoms with Crippen molar-refractivity contribution in [1.82, 2.24) is 0 Å². The molecule has 0 aliphatic rings. The molecule has 0 bridgehead atoms. The van der Waals surface area contributed by atoms with Crippen molar-refractivity contribution in [3.05, 3.63) is 12.7 Å². The predicted octanol–water partition coefficient (Wildman–Crippen LogP) is -0.217. The maximum atomic E-state index is 11.3. The highest BCUT2D eigenvalue weighted by atomic mass is 32.2. The van der Waals surface area contributed by atoms with Crippen LogP contribution in [0, 0.1) is 0 Å². The van der Waals surface area contributed by atoms with Crippen LogP contribution in [0.1, 0.15) is 13.8 Å². The molecule has 5 nitrogen and oxygen atoms in total. The standard InChI is InChI=1S/C7H13NO4S/c1-4-6(9)7(2,3)13(10,11)12-5-8/h4H,1,5,8H2,2-3H3. The van der Waals surface area contributed by atoms with Gasteiger partial charge in [0.25, 0.3) is 10.1 Å². The van der Waals surface area contributed by atoms with Crippen molar-refractivity contribution in [3.63, 3.8) is 0 Å². The van der Waals surface area contributed by atoms with Crippen LogP contribution in [0.3, 0.4) is 0 Å². The third-order valence-corrected chi connectivity index (χ3v) is 3.52. The number of nitrogens with two attached hydrogens (primary N) is 1. The smallest absolute Gasteiger partial charge is 0.281 e. The van der Waals surface area contributed by atoms with E-state index in [2.05, 4.69) is 10.8 Å². The van der Waals surface area contributed by atoms with Gasteiger partial charge < -0.3 is 5.73 Å². The summed E-state index contributed by atoms with van der Waals surface area (Å²) in [6.45, 7) is 5.20. The highest BCUT2D eigenvalue weighted by Gasteiger charge is 2.40. The number of rotatable bonds is 5. The van der Waals surface area contributed by atoms with E-state index in [1.807, 2.05) is 0 Å². The fraction of sp³-hybridized carbons (Fsp3) is 0.571. The molecular weight excluding hydrogens is 194 g/mol. The highest BCUT2D eigenvalue weighted by molar-refractivity contribution is 7.89. The topological polar surface area (TPSA) is 86.5 Å². The van der Waals surface area contributed by atoms with Gasteiger partial charge in [0, 0.05) is 0 Å². The SMILES string of the molecule is C=CC(=O)C(C)(C)S(=O)(=O)OCN. The average molecular weight is 207 g/mol. The molecule has 0 saturated carbocycles. The minimum absolute atomic E-state index is 0.476. The number of hydrogen-bond acceptors (Lipinski definition) is 5. The summed E-state index contributed by atoms with van der Waals surface area (Å²) < 4.78 is 25.2. The summed E-state index contributed by atoms with van der Waals surface area (Å²) in [6.07, 6.45) is 0.942. The van der Waals surface area contributed by atoms with Gasteiger partial charge in [-0.1, -0.05) is 6.58 Å². The molecular formula is C7H13NO4S. The normalized spacial score (nSPS) is 12.5. The molecule has 0 heterocycles. The van der Waals surface area contributed by atoms with E-state index < -0.39 is 27.4 Å². The van der Waals surface area contributed by atoms with Crippen LogP contribution in [-0.2, 0) is 19.1 Å². The van der Waals surface area contributed by atoms with Gasteiger partial charge in [-0.15, -0.1) is 0 Å². The van der Waals surface area contributed by atoms with E-state index in [0.29, 0.717) is 0 Å². The van der Waals surface area contributed by atoms with Gasteiger partial charge in [-0.25, -0.2) is 0 Å². The third-order valence-electron chi connectivity index (χ3n) is 1.63. The Labute approximate surface area is 77.7 Å². The Kier molecular flexibility index (Phi) is 3.77. The summed E-state index contributed by atoms with van der Waals surface area (Å²) in [4.78, 5) is 11.1. The van der Waals surface area contributed by atoms with Crippen LogP contribution < -0.4 is 5.73 Å². The zero-order chi connectivity index (χ0) is 10.7. The number of carbonyl (C=O) groups is 1. The molecule has 0 rings (SSSR count). The molecule has 13 heavy (non-hydrogen) atoms. The van der Waals surface area contributed by atoms with Crippen molar-refractivity contribution < 1.29 is 17.4 Å². The molecule has 0 fully saturated rings. The Morgan fingerprint density at radius 3 is 2.38 bits per heavy atom. The van der Waals surface area contributed by atoms with Crippen LogP contribution in [0.4, 0.5) is 0 Å². The molecule has 0 aromatic heterocycles. The molecule has 0 aromatic carbocycles. The molecule has 0 radical (unpaired) electrons. The van der Waals surface area contributed by atoms with Crippen molar-refractivity contribution in [1.29, 1.82) is 0 Å². The molecule has 0 unspecified atom stereocenters. The van der Waals surface area contributed by atoms with Crippen LogP contribution in [-0.4, -0.2) is 25.7 Å². The number of carbonyl (C=O) groups excluding carboxylic acids is 1. The number of ketones is 1. The van der Waals surface area contributed by atoms with Gasteiger partial charge in [0.2, 0.25) is 0 Å². The maximum absolute atomic E-state index is 11.3. The lowest BCUT2D eigenvalue weighted by Gasteiger charge is -2.20. The fourth-order valence-corrected chi connectivity index (χ4v) is 1.41. The maximum Gasteiger partial charge on any atom is 0.281 e. The summed E-state index contributed by atoms with van der Waals surface area (Å²) in [5.41, 5.74) is 4.91.